The maximum atomic E-state index is 11.1. The molecule has 78 valence electrons. The maximum Gasteiger partial charge on any atom is 0.261 e. The van der Waals surface area contributed by atoms with Crippen molar-refractivity contribution in [3.05, 3.63) is 36.2 Å². The Morgan fingerprint density at radius 1 is 1.20 bits per heavy atom. The molecule has 2 rings (SSSR count). The lowest BCUT2D eigenvalue weighted by Gasteiger charge is -2.00. The standard InChI is InChI=1S/C10H8ClNO2S/c1-7-4-8-2-3-10(15(11,13)14)5-9(8)6-12-7/h2-6H,1H3. The zero-order valence-corrected chi connectivity index (χ0v) is 9.51. The predicted octanol–water partition coefficient (Wildman–Crippen LogP) is 2.47. The number of hydrogen-bond acceptors (Lipinski definition) is 3. The van der Waals surface area contributed by atoms with E-state index in [0.29, 0.717) is 0 Å². The molecule has 0 spiro atoms. The summed E-state index contributed by atoms with van der Waals surface area (Å²) in [5, 5.41) is 1.72. The molecule has 0 saturated heterocycles. The molecule has 0 aliphatic carbocycles. The fourth-order valence-electron chi connectivity index (χ4n) is 1.38. The van der Waals surface area contributed by atoms with Crippen LogP contribution in [0.4, 0.5) is 0 Å². The highest BCUT2D eigenvalue weighted by atomic mass is 35.7. The van der Waals surface area contributed by atoms with Gasteiger partial charge in [0.1, 0.15) is 0 Å². The Bertz CT molecular complexity index is 622. The Balaban J connectivity index is 2.73. The van der Waals surface area contributed by atoms with E-state index < -0.39 is 9.05 Å². The van der Waals surface area contributed by atoms with Crippen LogP contribution >= 0.6 is 10.7 Å². The van der Waals surface area contributed by atoms with Gasteiger partial charge >= 0.3 is 0 Å². The van der Waals surface area contributed by atoms with Gasteiger partial charge in [0.25, 0.3) is 9.05 Å². The molecule has 0 N–H and O–H groups in total. The van der Waals surface area contributed by atoms with Gasteiger partial charge in [0.15, 0.2) is 0 Å². The highest BCUT2D eigenvalue weighted by molar-refractivity contribution is 8.13. The molecule has 0 atom stereocenters. The first-order chi connectivity index (χ1) is 6.97. The highest BCUT2D eigenvalue weighted by Crippen LogP contribution is 2.21. The number of pyridine rings is 1. The van der Waals surface area contributed by atoms with E-state index in [1.165, 1.54) is 12.1 Å². The first-order valence-electron chi connectivity index (χ1n) is 4.28. The van der Waals surface area contributed by atoms with Crippen molar-refractivity contribution in [3.8, 4) is 0 Å². The van der Waals surface area contributed by atoms with E-state index in [0.717, 1.165) is 16.5 Å². The van der Waals surface area contributed by atoms with Gasteiger partial charge in [-0.05, 0) is 30.5 Å². The third-order valence-corrected chi connectivity index (χ3v) is 3.46. The second-order valence-electron chi connectivity index (χ2n) is 3.27. The number of benzene rings is 1. The number of hydrogen-bond donors (Lipinski definition) is 0. The van der Waals surface area contributed by atoms with Gasteiger partial charge in [0.05, 0.1) is 4.90 Å². The molecule has 1 heterocycles. The van der Waals surface area contributed by atoms with Gasteiger partial charge in [0, 0.05) is 28.0 Å². The van der Waals surface area contributed by atoms with Gasteiger partial charge in [-0.25, -0.2) is 8.42 Å². The number of aromatic nitrogens is 1. The molecular formula is C10H8ClNO2S. The van der Waals surface area contributed by atoms with Crippen LogP contribution in [0.1, 0.15) is 5.69 Å². The second-order valence-corrected chi connectivity index (χ2v) is 5.84. The summed E-state index contributed by atoms with van der Waals surface area (Å²) in [6.07, 6.45) is 1.64. The van der Waals surface area contributed by atoms with Crippen LogP contribution in [0.2, 0.25) is 0 Å². The summed E-state index contributed by atoms with van der Waals surface area (Å²) in [7, 11) is 1.58. The van der Waals surface area contributed by atoms with Gasteiger partial charge in [-0.3, -0.25) is 4.98 Å². The lowest BCUT2D eigenvalue weighted by molar-refractivity contribution is 0.609. The van der Waals surface area contributed by atoms with Crippen LogP contribution in [0.25, 0.3) is 10.8 Å². The summed E-state index contributed by atoms with van der Waals surface area (Å²) >= 11 is 0. The maximum absolute atomic E-state index is 11.1. The van der Waals surface area contributed by atoms with E-state index in [2.05, 4.69) is 4.98 Å². The topological polar surface area (TPSA) is 47.0 Å². The lowest BCUT2D eigenvalue weighted by atomic mass is 10.1. The van der Waals surface area contributed by atoms with Crippen molar-refractivity contribution < 1.29 is 8.42 Å². The zero-order valence-electron chi connectivity index (χ0n) is 7.94. The minimum atomic E-state index is -3.66. The normalized spacial score (nSPS) is 11.9. The first kappa shape index (κ1) is 10.4. The third kappa shape index (κ3) is 2.11. The quantitative estimate of drug-likeness (QED) is 0.721. The predicted molar refractivity (Wildman–Crippen MR) is 59.5 cm³/mol. The minimum absolute atomic E-state index is 0.0994. The van der Waals surface area contributed by atoms with Crippen molar-refractivity contribution in [3.63, 3.8) is 0 Å². The molecule has 0 aliphatic rings. The number of aryl methyl sites for hydroxylation is 1. The molecule has 0 unspecified atom stereocenters. The molecule has 2 aromatic rings. The molecule has 0 fully saturated rings. The Kier molecular flexibility index (Phi) is 2.40. The van der Waals surface area contributed by atoms with Crippen molar-refractivity contribution in [1.82, 2.24) is 4.98 Å². The van der Waals surface area contributed by atoms with Crippen molar-refractivity contribution in [2.45, 2.75) is 11.8 Å². The van der Waals surface area contributed by atoms with Crippen LogP contribution in [-0.2, 0) is 9.05 Å². The van der Waals surface area contributed by atoms with Crippen LogP contribution < -0.4 is 0 Å². The van der Waals surface area contributed by atoms with Crippen LogP contribution in [-0.4, -0.2) is 13.4 Å². The van der Waals surface area contributed by atoms with Gasteiger partial charge in [-0.2, -0.15) is 0 Å². The van der Waals surface area contributed by atoms with Crippen LogP contribution in [0.5, 0.6) is 0 Å². The number of fused-ring (bicyclic) bond motifs is 1. The minimum Gasteiger partial charge on any atom is -0.261 e. The SMILES string of the molecule is Cc1cc2ccc(S(=O)(=O)Cl)cc2cn1. The smallest absolute Gasteiger partial charge is 0.261 e. The zero-order chi connectivity index (χ0) is 11.1. The monoisotopic (exact) mass is 241 g/mol. The molecule has 1 aromatic carbocycles. The molecule has 1 aromatic heterocycles. The summed E-state index contributed by atoms with van der Waals surface area (Å²) in [5.41, 5.74) is 0.893. The molecule has 0 radical (unpaired) electrons. The van der Waals surface area contributed by atoms with Crippen LogP contribution in [0.3, 0.4) is 0 Å². The number of nitrogens with zero attached hydrogens (tertiary/aromatic N) is 1. The fourth-order valence-corrected chi connectivity index (χ4v) is 2.17. The molecular weight excluding hydrogens is 234 g/mol. The van der Waals surface area contributed by atoms with E-state index >= 15 is 0 Å². The van der Waals surface area contributed by atoms with Gasteiger partial charge in [0.2, 0.25) is 0 Å². The fraction of sp³-hybridized carbons (Fsp3) is 0.100. The molecule has 5 heteroatoms. The van der Waals surface area contributed by atoms with Crippen LogP contribution in [0.15, 0.2) is 35.4 Å². The summed E-state index contributed by atoms with van der Waals surface area (Å²) in [4.78, 5) is 4.19. The Labute approximate surface area is 92.1 Å². The van der Waals surface area contributed by atoms with E-state index in [-0.39, 0.29) is 4.90 Å². The Morgan fingerprint density at radius 3 is 2.60 bits per heavy atom. The third-order valence-electron chi connectivity index (χ3n) is 2.11. The Hall–Kier alpha value is -1.13. The lowest BCUT2D eigenvalue weighted by Crippen LogP contribution is -1.90. The molecule has 0 amide bonds. The average Bonchev–Trinajstić information content (AvgIpc) is 2.15. The van der Waals surface area contributed by atoms with Crippen LogP contribution in [0, 0.1) is 6.92 Å². The van der Waals surface area contributed by atoms with Crippen molar-refractivity contribution >= 4 is 30.5 Å². The van der Waals surface area contributed by atoms with Gasteiger partial charge in [-0.15, -0.1) is 0 Å². The summed E-state index contributed by atoms with van der Waals surface area (Å²) < 4.78 is 22.2. The van der Waals surface area contributed by atoms with E-state index in [1.807, 2.05) is 13.0 Å². The van der Waals surface area contributed by atoms with Crippen molar-refractivity contribution in [2.75, 3.05) is 0 Å². The highest BCUT2D eigenvalue weighted by Gasteiger charge is 2.09. The summed E-state index contributed by atoms with van der Waals surface area (Å²) in [6.45, 7) is 1.88. The molecule has 0 saturated carbocycles. The Morgan fingerprint density at radius 2 is 1.93 bits per heavy atom. The van der Waals surface area contributed by atoms with Gasteiger partial charge in [-0.1, -0.05) is 6.07 Å². The number of halogens is 1. The van der Waals surface area contributed by atoms with Gasteiger partial charge < -0.3 is 0 Å². The molecule has 0 bridgehead atoms. The van der Waals surface area contributed by atoms with E-state index in [4.69, 9.17) is 10.7 Å². The molecule has 3 nitrogen and oxygen atoms in total. The molecule has 0 aliphatic heterocycles. The average molecular weight is 242 g/mol. The number of rotatable bonds is 1. The molecule has 15 heavy (non-hydrogen) atoms. The summed E-state index contributed by atoms with van der Waals surface area (Å²) in [6, 6.07) is 6.62. The second kappa shape index (κ2) is 3.47. The van der Waals surface area contributed by atoms with Crippen molar-refractivity contribution in [2.24, 2.45) is 0 Å². The van der Waals surface area contributed by atoms with E-state index in [9.17, 15) is 8.42 Å². The van der Waals surface area contributed by atoms with Crippen molar-refractivity contribution in [1.29, 1.82) is 0 Å². The first-order valence-corrected chi connectivity index (χ1v) is 6.59. The largest absolute Gasteiger partial charge is 0.261 e. The summed E-state index contributed by atoms with van der Waals surface area (Å²) in [5.74, 6) is 0. The van der Waals surface area contributed by atoms with E-state index in [1.54, 1.807) is 12.3 Å².